The fourth-order valence-electron chi connectivity index (χ4n) is 1.48. The van der Waals surface area contributed by atoms with E-state index in [1.807, 2.05) is 38.1 Å². The highest BCUT2D eigenvalue weighted by Crippen LogP contribution is 2.15. The van der Waals surface area contributed by atoms with Crippen molar-refractivity contribution in [3.63, 3.8) is 0 Å². The van der Waals surface area contributed by atoms with Gasteiger partial charge < -0.3 is 15.8 Å². The van der Waals surface area contributed by atoms with Crippen LogP contribution in [0.3, 0.4) is 0 Å². The highest BCUT2D eigenvalue weighted by Gasteiger charge is 2.11. The Morgan fingerprint density at radius 3 is 2.53 bits per heavy atom. The van der Waals surface area contributed by atoms with E-state index in [0.717, 1.165) is 17.9 Å². The molecule has 94 valence electrons. The maximum absolute atomic E-state index is 11.6. The number of rotatable bonds is 6. The van der Waals surface area contributed by atoms with E-state index in [0.29, 0.717) is 13.0 Å². The monoisotopic (exact) mass is 236 g/mol. The van der Waals surface area contributed by atoms with Crippen molar-refractivity contribution in [1.29, 1.82) is 0 Å². The topological polar surface area (TPSA) is 64.4 Å². The van der Waals surface area contributed by atoms with Crippen molar-refractivity contribution in [1.82, 2.24) is 0 Å². The third-order valence-corrected chi connectivity index (χ3v) is 2.37. The second-order valence-electron chi connectivity index (χ2n) is 3.84. The first-order valence-electron chi connectivity index (χ1n) is 5.96. The second kappa shape index (κ2) is 6.91. The standard InChI is InChI=1S/C13H20N2O2/c1-3-5-12(14)13(16)15-10-6-8-11(9-7-10)17-4-2/h6-9,12H,3-5,14H2,1-2H3,(H,15,16)/t12-/m0/s1. The van der Waals surface area contributed by atoms with Crippen molar-refractivity contribution in [2.24, 2.45) is 5.73 Å². The van der Waals surface area contributed by atoms with Crippen LogP contribution in [0.2, 0.25) is 0 Å². The summed E-state index contributed by atoms with van der Waals surface area (Å²) in [5, 5.41) is 2.78. The Bertz CT molecular complexity index is 349. The van der Waals surface area contributed by atoms with Gasteiger partial charge >= 0.3 is 0 Å². The van der Waals surface area contributed by atoms with Crippen LogP contribution in [0.25, 0.3) is 0 Å². The maximum atomic E-state index is 11.6. The number of carbonyl (C=O) groups excluding carboxylic acids is 1. The van der Waals surface area contributed by atoms with E-state index < -0.39 is 6.04 Å². The minimum atomic E-state index is -0.438. The van der Waals surface area contributed by atoms with Gasteiger partial charge in [-0.25, -0.2) is 0 Å². The number of hydrogen-bond acceptors (Lipinski definition) is 3. The molecular weight excluding hydrogens is 216 g/mol. The summed E-state index contributed by atoms with van der Waals surface area (Å²) in [6.07, 6.45) is 1.60. The predicted octanol–water partition coefficient (Wildman–Crippen LogP) is 2.15. The van der Waals surface area contributed by atoms with Crippen LogP contribution < -0.4 is 15.8 Å². The van der Waals surface area contributed by atoms with Gasteiger partial charge in [-0.2, -0.15) is 0 Å². The van der Waals surface area contributed by atoms with Crippen LogP contribution >= 0.6 is 0 Å². The molecule has 0 aliphatic rings. The molecule has 3 N–H and O–H groups in total. The number of amides is 1. The lowest BCUT2D eigenvalue weighted by atomic mass is 10.1. The van der Waals surface area contributed by atoms with Crippen LogP contribution in [0.5, 0.6) is 5.75 Å². The Morgan fingerprint density at radius 1 is 1.35 bits per heavy atom. The van der Waals surface area contributed by atoms with Crippen LogP contribution in [0.15, 0.2) is 24.3 Å². The summed E-state index contributed by atoms with van der Waals surface area (Å²) < 4.78 is 5.31. The highest BCUT2D eigenvalue weighted by atomic mass is 16.5. The molecular formula is C13H20N2O2. The Labute approximate surface area is 102 Å². The van der Waals surface area contributed by atoms with E-state index in [2.05, 4.69) is 5.32 Å². The lowest BCUT2D eigenvalue weighted by molar-refractivity contribution is -0.117. The number of carbonyl (C=O) groups is 1. The molecule has 0 unspecified atom stereocenters. The van der Waals surface area contributed by atoms with Gasteiger partial charge in [-0.05, 0) is 37.6 Å². The molecule has 0 aliphatic carbocycles. The molecule has 0 spiro atoms. The number of nitrogens with two attached hydrogens (primary N) is 1. The summed E-state index contributed by atoms with van der Waals surface area (Å²) in [4.78, 5) is 11.6. The maximum Gasteiger partial charge on any atom is 0.241 e. The molecule has 4 nitrogen and oxygen atoms in total. The molecule has 0 fully saturated rings. The number of hydrogen-bond donors (Lipinski definition) is 2. The fraction of sp³-hybridized carbons (Fsp3) is 0.462. The molecule has 0 saturated carbocycles. The van der Waals surface area contributed by atoms with Gasteiger partial charge in [0.25, 0.3) is 0 Å². The van der Waals surface area contributed by atoms with Crippen LogP contribution in [-0.2, 0) is 4.79 Å². The minimum absolute atomic E-state index is 0.143. The van der Waals surface area contributed by atoms with Crippen molar-refractivity contribution in [3.05, 3.63) is 24.3 Å². The molecule has 1 atom stereocenters. The zero-order valence-corrected chi connectivity index (χ0v) is 10.4. The van der Waals surface area contributed by atoms with Crippen molar-refractivity contribution >= 4 is 11.6 Å². The Balaban J connectivity index is 2.53. The van der Waals surface area contributed by atoms with Crippen molar-refractivity contribution in [3.8, 4) is 5.75 Å². The van der Waals surface area contributed by atoms with Gasteiger partial charge in [0.05, 0.1) is 12.6 Å². The van der Waals surface area contributed by atoms with E-state index in [4.69, 9.17) is 10.5 Å². The van der Waals surface area contributed by atoms with E-state index in [9.17, 15) is 4.79 Å². The minimum Gasteiger partial charge on any atom is -0.494 e. The van der Waals surface area contributed by atoms with E-state index in [1.165, 1.54) is 0 Å². The van der Waals surface area contributed by atoms with Gasteiger partial charge in [-0.3, -0.25) is 4.79 Å². The lowest BCUT2D eigenvalue weighted by Crippen LogP contribution is -2.35. The summed E-state index contributed by atoms with van der Waals surface area (Å²) in [5.41, 5.74) is 6.46. The number of nitrogens with one attached hydrogen (secondary N) is 1. The molecule has 0 aromatic heterocycles. The van der Waals surface area contributed by atoms with Crippen LogP contribution in [0.1, 0.15) is 26.7 Å². The third-order valence-electron chi connectivity index (χ3n) is 2.37. The Kier molecular flexibility index (Phi) is 5.49. The summed E-state index contributed by atoms with van der Waals surface area (Å²) >= 11 is 0. The van der Waals surface area contributed by atoms with Crippen LogP contribution in [0, 0.1) is 0 Å². The summed E-state index contributed by atoms with van der Waals surface area (Å²) in [6.45, 7) is 4.57. The van der Waals surface area contributed by atoms with Crippen molar-refractivity contribution in [2.45, 2.75) is 32.7 Å². The molecule has 17 heavy (non-hydrogen) atoms. The van der Waals surface area contributed by atoms with E-state index in [-0.39, 0.29) is 5.91 Å². The van der Waals surface area contributed by atoms with Crippen LogP contribution in [0.4, 0.5) is 5.69 Å². The van der Waals surface area contributed by atoms with Gasteiger partial charge in [-0.1, -0.05) is 13.3 Å². The second-order valence-corrected chi connectivity index (χ2v) is 3.84. The van der Waals surface area contributed by atoms with E-state index >= 15 is 0 Å². The molecule has 1 amide bonds. The highest BCUT2D eigenvalue weighted by molar-refractivity contribution is 5.94. The van der Waals surface area contributed by atoms with Crippen molar-refractivity contribution < 1.29 is 9.53 Å². The normalized spacial score (nSPS) is 11.9. The molecule has 1 rings (SSSR count). The number of benzene rings is 1. The van der Waals surface area contributed by atoms with Gasteiger partial charge in [0.1, 0.15) is 5.75 Å². The third kappa shape index (κ3) is 4.44. The molecule has 0 aliphatic heterocycles. The molecule has 4 heteroatoms. The molecule has 1 aromatic carbocycles. The first kappa shape index (κ1) is 13.5. The number of anilines is 1. The Hall–Kier alpha value is -1.55. The zero-order chi connectivity index (χ0) is 12.7. The van der Waals surface area contributed by atoms with Gasteiger partial charge in [0, 0.05) is 5.69 Å². The van der Waals surface area contributed by atoms with Gasteiger partial charge in [0.2, 0.25) is 5.91 Å². The first-order chi connectivity index (χ1) is 8.17. The molecule has 0 saturated heterocycles. The first-order valence-corrected chi connectivity index (χ1v) is 5.96. The van der Waals surface area contributed by atoms with Crippen LogP contribution in [-0.4, -0.2) is 18.6 Å². The molecule has 0 radical (unpaired) electrons. The lowest BCUT2D eigenvalue weighted by Gasteiger charge is -2.11. The predicted molar refractivity (Wildman–Crippen MR) is 69.1 cm³/mol. The average molecular weight is 236 g/mol. The summed E-state index contributed by atoms with van der Waals surface area (Å²) in [6, 6.07) is 6.82. The summed E-state index contributed by atoms with van der Waals surface area (Å²) in [7, 11) is 0. The van der Waals surface area contributed by atoms with E-state index in [1.54, 1.807) is 0 Å². The molecule has 0 bridgehead atoms. The summed E-state index contributed by atoms with van der Waals surface area (Å²) in [5.74, 6) is 0.652. The Morgan fingerprint density at radius 2 is 2.00 bits per heavy atom. The SMILES string of the molecule is CCC[C@H](N)C(=O)Nc1ccc(OCC)cc1. The smallest absolute Gasteiger partial charge is 0.241 e. The van der Waals surface area contributed by atoms with Crippen molar-refractivity contribution in [2.75, 3.05) is 11.9 Å². The fourth-order valence-corrected chi connectivity index (χ4v) is 1.48. The average Bonchev–Trinajstić information content (AvgIpc) is 2.32. The zero-order valence-electron chi connectivity index (χ0n) is 10.4. The van der Waals surface area contributed by atoms with Gasteiger partial charge in [-0.15, -0.1) is 0 Å². The molecule has 0 heterocycles. The largest absolute Gasteiger partial charge is 0.494 e. The number of ether oxygens (including phenoxy) is 1. The molecule has 1 aromatic rings. The van der Waals surface area contributed by atoms with Gasteiger partial charge in [0.15, 0.2) is 0 Å². The quantitative estimate of drug-likeness (QED) is 0.795.